The molecule has 1 atom stereocenters. The highest BCUT2D eigenvalue weighted by Gasteiger charge is 2.29. The number of hydrogen-bond acceptors (Lipinski definition) is 6. The summed E-state index contributed by atoms with van der Waals surface area (Å²) in [5.74, 6) is 0.504. The lowest BCUT2D eigenvalue weighted by molar-refractivity contribution is -0.125. The summed E-state index contributed by atoms with van der Waals surface area (Å²) in [6, 6.07) is 9.49. The Morgan fingerprint density at radius 2 is 2.19 bits per heavy atom. The number of nitrogens with zero attached hydrogens (tertiary/aromatic N) is 2. The van der Waals surface area contributed by atoms with E-state index >= 15 is 0 Å². The Balaban J connectivity index is 1.52. The van der Waals surface area contributed by atoms with Gasteiger partial charge in [-0.15, -0.1) is 22.7 Å². The molecule has 0 saturated heterocycles. The van der Waals surface area contributed by atoms with Crippen LogP contribution in [-0.2, 0) is 16.0 Å². The zero-order valence-corrected chi connectivity index (χ0v) is 16.4. The van der Waals surface area contributed by atoms with Crippen molar-refractivity contribution in [1.82, 2.24) is 4.98 Å². The first-order valence-corrected chi connectivity index (χ1v) is 10.1. The fraction of sp³-hybridized carbons (Fsp3) is 0.211. The zero-order valence-electron chi connectivity index (χ0n) is 14.8. The third kappa shape index (κ3) is 3.58. The van der Waals surface area contributed by atoms with Gasteiger partial charge in [-0.05, 0) is 36.6 Å². The van der Waals surface area contributed by atoms with Gasteiger partial charge in [-0.25, -0.2) is 4.98 Å². The number of ether oxygens (including phenoxy) is 1. The number of likely N-dealkylation sites (N-methyl/N-ethyl adjacent to an activating group) is 1. The third-order valence-electron chi connectivity index (χ3n) is 4.26. The molecule has 1 aliphatic heterocycles. The van der Waals surface area contributed by atoms with E-state index < -0.39 is 6.10 Å². The van der Waals surface area contributed by atoms with Crippen LogP contribution in [0.1, 0.15) is 11.8 Å². The Bertz CT molecular complexity index is 998. The number of carbonyl (C=O) groups is 2. The number of fused-ring (bicyclic) bond motifs is 1. The third-order valence-corrected chi connectivity index (χ3v) is 5.90. The van der Waals surface area contributed by atoms with Crippen LogP contribution in [0, 0.1) is 0 Å². The maximum absolute atomic E-state index is 12.1. The van der Waals surface area contributed by atoms with Crippen LogP contribution in [0.2, 0.25) is 0 Å². The number of thiophene rings is 1. The number of carbonyl (C=O) groups excluding carboxylic acids is 2. The normalized spacial score (nSPS) is 16.0. The predicted molar refractivity (Wildman–Crippen MR) is 108 cm³/mol. The first-order valence-electron chi connectivity index (χ1n) is 8.37. The fourth-order valence-corrected chi connectivity index (χ4v) is 4.31. The minimum atomic E-state index is -0.488. The molecule has 0 bridgehead atoms. The van der Waals surface area contributed by atoms with Crippen LogP contribution in [0.25, 0.3) is 11.3 Å². The molecule has 0 radical (unpaired) electrons. The lowest BCUT2D eigenvalue weighted by atomic mass is 10.1. The van der Waals surface area contributed by atoms with E-state index in [1.807, 2.05) is 41.1 Å². The van der Waals surface area contributed by atoms with Crippen molar-refractivity contribution >= 4 is 45.3 Å². The van der Waals surface area contributed by atoms with Crippen LogP contribution in [0.3, 0.4) is 0 Å². The van der Waals surface area contributed by atoms with Crippen molar-refractivity contribution in [3.63, 3.8) is 0 Å². The number of anilines is 2. The van der Waals surface area contributed by atoms with Crippen molar-refractivity contribution in [2.24, 2.45) is 0 Å². The predicted octanol–water partition coefficient (Wildman–Crippen LogP) is 3.80. The Labute approximate surface area is 164 Å². The molecule has 1 N–H and O–H groups in total. The summed E-state index contributed by atoms with van der Waals surface area (Å²) < 4.78 is 5.65. The summed E-state index contributed by atoms with van der Waals surface area (Å²) in [4.78, 5) is 31.4. The number of amides is 2. The van der Waals surface area contributed by atoms with Crippen molar-refractivity contribution in [3.05, 3.63) is 46.0 Å². The molecule has 0 fully saturated rings. The molecular weight excluding hydrogens is 382 g/mol. The minimum Gasteiger partial charge on any atom is -0.479 e. The summed E-state index contributed by atoms with van der Waals surface area (Å²) >= 11 is 2.93. The summed E-state index contributed by atoms with van der Waals surface area (Å²) in [7, 11) is 1.74. The van der Waals surface area contributed by atoms with Crippen LogP contribution >= 0.6 is 22.7 Å². The van der Waals surface area contributed by atoms with Gasteiger partial charge in [0.1, 0.15) is 5.75 Å². The Kier molecular flexibility index (Phi) is 4.67. The second kappa shape index (κ2) is 7.13. The second-order valence-corrected chi connectivity index (χ2v) is 8.07. The highest BCUT2D eigenvalue weighted by Crippen LogP contribution is 2.37. The lowest BCUT2D eigenvalue weighted by Crippen LogP contribution is -2.41. The first-order chi connectivity index (χ1) is 13.0. The second-order valence-electron chi connectivity index (χ2n) is 6.18. The van der Waals surface area contributed by atoms with Crippen molar-refractivity contribution in [2.45, 2.75) is 19.4 Å². The van der Waals surface area contributed by atoms with Crippen molar-refractivity contribution in [2.75, 3.05) is 17.3 Å². The maximum atomic E-state index is 12.1. The standard InChI is InChI=1S/C19H17N3O3S2/c1-11-18(24)22(2)15-8-12(5-6-16(15)25-11)14-10-27-19(20-14)21-17(23)9-13-4-3-7-26-13/h3-8,10-11H,9H2,1-2H3,(H,20,21,23). The van der Waals surface area contributed by atoms with Gasteiger partial charge in [-0.3, -0.25) is 9.59 Å². The summed E-state index contributed by atoms with van der Waals surface area (Å²) in [5, 5.41) is 7.23. The molecule has 0 spiro atoms. The number of nitrogens with one attached hydrogen (secondary N) is 1. The van der Waals surface area contributed by atoms with E-state index in [9.17, 15) is 9.59 Å². The summed E-state index contributed by atoms with van der Waals surface area (Å²) in [5.41, 5.74) is 2.32. The average Bonchev–Trinajstić information content (AvgIpc) is 3.32. The number of benzene rings is 1. The lowest BCUT2D eigenvalue weighted by Gasteiger charge is -2.30. The molecule has 138 valence electrons. The Morgan fingerprint density at radius 1 is 1.33 bits per heavy atom. The molecule has 0 aliphatic carbocycles. The fourth-order valence-electron chi connectivity index (χ4n) is 2.87. The molecular formula is C19H17N3O3S2. The molecule has 6 nitrogen and oxygen atoms in total. The molecule has 4 rings (SSSR count). The highest BCUT2D eigenvalue weighted by molar-refractivity contribution is 7.14. The SMILES string of the molecule is CC1Oc2ccc(-c3csc(NC(=O)Cc4cccs4)n3)cc2N(C)C1=O. The molecule has 1 aliphatic rings. The van der Waals surface area contributed by atoms with E-state index in [4.69, 9.17) is 4.74 Å². The zero-order chi connectivity index (χ0) is 19.0. The van der Waals surface area contributed by atoms with Gasteiger partial charge in [0.05, 0.1) is 17.8 Å². The van der Waals surface area contributed by atoms with Gasteiger partial charge in [0.2, 0.25) is 5.91 Å². The van der Waals surface area contributed by atoms with E-state index in [1.165, 1.54) is 11.3 Å². The van der Waals surface area contributed by atoms with Crippen LogP contribution in [0.4, 0.5) is 10.8 Å². The maximum Gasteiger partial charge on any atom is 0.267 e. The van der Waals surface area contributed by atoms with Crippen molar-refractivity contribution in [1.29, 1.82) is 0 Å². The van der Waals surface area contributed by atoms with E-state index in [2.05, 4.69) is 10.3 Å². The van der Waals surface area contributed by atoms with Gasteiger partial charge < -0.3 is 15.0 Å². The molecule has 8 heteroatoms. The van der Waals surface area contributed by atoms with Gasteiger partial charge >= 0.3 is 0 Å². The minimum absolute atomic E-state index is 0.0838. The van der Waals surface area contributed by atoms with Gasteiger partial charge in [0, 0.05) is 22.9 Å². The topological polar surface area (TPSA) is 71.5 Å². The van der Waals surface area contributed by atoms with E-state index in [1.54, 1.807) is 30.2 Å². The van der Waals surface area contributed by atoms with E-state index in [0.29, 0.717) is 23.0 Å². The van der Waals surface area contributed by atoms with Gasteiger partial charge in [-0.1, -0.05) is 6.07 Å². The smallest absolute Gasteiger partial charge is 0.267 e. The van der Waals surface area contributed by atoms with Crippen LogP contribution < -0.4 is 15.0 Å². The number of rotatable bonds is 4. The van der Waals surface area contributed by atoms with Crippen molar-refractivity contribution < 1.29 is 14.3 Å². The molecule has 0 saturated carbocycles. The highest BCUT2D eigenvalue weighted by atomic mass is 32.1. The molecule has 2 amide bonds. The van der Waals surface area contributed by atoms with Crippen LogP contribution in [0.5, 0.6) is 5.75 Å². The monoisotopic (exact) mass is 399 g/mol. The molecule has 2 aromatic heterocycles. The van der Waals surface area contributed by atoms with Crippen LogP contribution in [-0.4, -0.2) is 29.9 Å². The summed E-state index contributed by atoms with van der Waals surface area (Å²) in [6.45, 7) is 1.74. The molecule has 3 aromatic rings. The van der Waals surface area contributed by atoms with Crippen molar-refractivity contribution in [3.8, 4) is 17.0 Å². The summed E-state index contributed by atoms with van der Waals surface area (Å²) in [6.07, 6.45) is -0.147. The quantitative estimate of drug-likeness (QED) is 0.724. The van der Waals surface area contributed by atoms with Gasteiger partial charge in [0.15, 0.2) is 11.2 Å². The number of thiazole rings is 1. The average molecular weight is 399 g/mol. The van der Waals surface area contributed by atoms with Gasteiger partial charge in [0.25, 0.3) is 5.91 Å². The molecule has 1 aromatic carbocycles. The number of aromatic nitrogens is 1. The molecule has 3 heterocycles. The Hall–Kier alpha value is -2.71. The number of hydrogen-bond donors (Lipinski definition) is 1. The Morgan fingerprint density at radius 3 is 2.96 bits per heavy atom. The van der Waals surface area contributed by atoms with E-state index in [0.717, 1.165) is 16.1 Å². The largest absolute Gasteiger partial charge is 0.479 e. The first kappa shape index (κ1) is 17.7. The molecule has 27 heavy (non-hydrogen) atoms. The van der Waals surface area contributed by atoms with E-state index in [-0.39, 0.29) is 11.8 Å². The van der Waals surface area contributed by atoms with Gasteiger partial charge in [-0.2, -0.15) is 0 Å². The molecule has 1 unspecified atom stereocenters. The van der Waals surface area contributed by atoms with Crippen LogP contribution in [0.15, 0.2) is 41.1 Å².